The minimum atomic E-state index is -2.94. The van der Waals surface area contributed by atoms with E-state index in [9.17, 15) is 8.42 Å². The third-order valence-corrected chi connectivity index (χ3v) is 7.90. The fourth-order valence-corrected chi connectivity index (χ4v) is 6.62. The lowest BCUT2D eigenvalue weighted by Gasteiger charge is -2.37. The van der Waals surface area contributed by atoms with Crippen LogP contribution in [0.4, 0.5) is 0 Å². The van der Waals surface area contributed by atoms with Gasteiger partial charge in [0.1, 0.15) is 0 Å². The second-order valence-corrected chi connectivity index (χ2v) is 8.74. The minimum Gasteiger partial charge on any atom is -0.313 e. The quantitative estimate of drug-likeness (QED) is 0.845. The molecular weight excluding hydrogens is 258 g/mol. The Kier molecular flexibility index (Phi) is 5.29. The molecule has 0 aromatic rings. The molecule has 0 aromatic carbocycles. The van der Waals surface area contributed by atoms with E-state index in [1.165, 1.54) is 6.42 Å². The predicted octanol–water partition coefficient (Wildman–Crippen LogP) is 2.90. The first kappa shape index (κ1) is 15.3. The Hall–Kier alpha value is -0.0900. The van der Waals surface area contributed by atoms with Gasteiger partial charge in [-0.25, -0.2) is 8.42 Å². The molecule has 3 nitrogen and oxygen atoms in total. The summed E-state index contributed by atoms with van der Waals surface area (Å²) in [7, 11) is -2.94. The molecule has 0 amide bonds. The van der Waals surface area contributed by atoms with E-state index in [1.807, 2.05) is 0 Å². The van der Waals surface area contributed by atoms with Gasteiger partial charge in [-0.2, -0.15) is 0 Å². The Morgan fingerprint density at radius 3 is 2.32 bits per heavy atom. The van der Waals surface area contributed by atoms with E-state index in [0.29, 0.717) is 5.92 Å². The highest BCUT2D eigenvalue weighted by Gasteiger charge is 2.42. The summed E-state index contributed by atoms with van der Waals surface area (Å²) in [5, 5.41) is 3.25. The molecule has 0 saturated heterocycles. The van der Waals surface area contributed by atoms with Crippen LogP contribution >= 0.6 is 0 Å². The van der Waals surface area contributed by atoms with Crippen LogP contribution in [0.1, 0.15) is 65.2 Å². The maximum absolute atomic E-state index is 12.9. The van der Waals surface area contributed by atoms with Crippen LogP contribution in [0.2, 0.25) is 0 Å². The SMILES string of the molecule is CCNC1CCC(CC)CC1S(=O)(=O)C1CCCC1. The number of sulfone groups is 1. The van der Waals surface area contributed by atoms with Gasteiger partial charge in [0.05, 0.1) is 10.5 Å². The molecule has 1 N–H and O–H groups in total. The Bertz CT molecular complexity index is 374. The highest BCUT2D eigenvalue weighted by atomic mass is 32.2. The molecule has 2 saturated carbocycles. The van der Waals surface area contributed by atoms with Crippen molar-refractivity contribution in [1.82, 2.24) is 5.32 Å². The highest BCUT2D eigenvalue weighted by molar-refractivity contribution is 7.92. The fraction of sp³-hybridized carbons (Fsp3) is 1.00. The van der Waals surface area contributed by atoms with Gasteiger partial charge >= 0.3 is 0 Å². The molecule has 2 aliphatic carbocycles. The number of rotatable bonds is 5. The monoisotopic (exact) mass is 287 g/mol. The molecule has 3 atom stereocenters. The lowest BCUT2D eigenvalue weighted by molar-refractivity contribution is 0.289. The summed E-state index contributed by atoms with van der Waals surface area (Å²) >= 11 is 0. The first-order valence-electron chi connectivity index (χ1n) is 8.05. The smallest absolute Gasteiger partial charge is 0.157 e. The van der Waals surface area contributed by atoms with Crippen molar-refractivity contribution in [2.45, 2.75) is 81.8 Å². The average Bonchev–Trinajstić information content (AvgIpc) is 2.94. The van der Waals surface area contributed by atoms with E-state index in [-0.39, 0.29) is 16.5 Å². The van der Waals surface area contributed by atoms with E-state index in [1.54, 1.807) is 0 Å². The van der Waals surface area contributed by atoms with Crippen LogP contribution in [0.5, 0.6) is 0 Å². The molecule has 0 aliphatic heterocycles. The van der Waals surface area contributed by atoms with Gasteiger partial charge in [-0.3, -0.25) is 0 Å². The standard InChI is InChI=1S/C15H29NO2S/c1-3-12-9-10-14(16-4-2)15(11-12)19(17,18)13-7-5-6-8-13/h12-16H,3-11H2,1-2H3. The van der Waals surface area contributed by atoms with Crippen LogP contribution in [0.15, 0.2) is 0 Å². The molecule has 0 spiro atoms. The largest absolute Gasteiger partial charge is 0.313 e. The summed E-state index contributed by atoms with van der Waals surface area (Å²) in [6.45, 7) is 5.14. The summed E-state index contributed by atoms with van der Waals surface area (Å²) in [5.74, 6) is 0.607. The molecule has 4 heteroatoms. The molecule has 112 valence electrons. The van der Waals surface area contributed by atoms with Crippen molar-refractivity contribution in [3.05, 3.63) is 0 Å². The van der Waals surface area contributed by atoms with Crippen molar-refractivity contribution < 1.29 is 8.42 Å². The summed E-state index contributed by atoms with van der Waals surface area (Å²) in [6.07, 6.45) is 8.21. The van der Waals surface area contributed by atoms with Crippen molar-refractivity contribution in [3.8, 4) is 0 Å². The summed E-state index contributed by atoms with van der Waals surface area (Å²) in [6, 6.07) is 0.193. The number of nitrogens with one attached hydrogen (secondary N) is 1. The molecule has 0 aromatic heterocycles. The zero-order chi connectivity index (χ0) is 13.9. The van der Waals surface area contributed by atoms with Crippen molar-refractivity contribution in [2.75, 3.05) is 6.54 Å². The van der Waals surface area contributed by atoms with E-state index in [4.69, 9.17) is 0 Å². The predicted molar refractivity (Wildman–Crippen MR) is 80.1 cm³/mol. The van der Waals surface area contributed by atoms with Crippen LogP contribution in [0, 0.1) is 5.92 Å². The first-order chi connectivity index (χ1) is 9.09. The lowest BCUT2D eigenvalue weighted by Crippen LogP contribution is -2.50. The first-order valence-corrected chi connectivity index (χ1v) is 9.66. The van der Waals surface area contributed by atoms with Gasteiger partial charge in [0.15, 0.2) is 9.84 Å². The van der Waals surface area contributed by atoms with Gasteiger partial charge in [0.25, 0.3) is 0 Å². The second-order valence-electron chi connectivity index (χ2n) is 6.29. The molecule has 3 unspecified atom stereocenters. The molecule has 0 bridgehead atoms. The van der Waals surface area contributed by atoms with Gasteiger partial charge in [-0.1, -0.05) is 33.1 Å². The van der Waals surface area contributed by atoms with E-state index in [0.717, 1.165) is 51.5 Å². The number of hydrogen-bond acceptors (Lipinski definition) is 3. The van der Waals surface area contributed by atoms with Gasteiger partial charge in [0, 0.05) is 6.04 Å². The van der Waals surface area contributed by atoms with Gasteiger partial charge < -0.3 is 5.32 Å². The molecule has 0 heterocycles. The third kappa shape index (κ3) is 3.33. The Labute approximate surface area is 118 Å². The molecule has 2 aliphatic rings. The van der Waals surface area contributed by atoms with Crippen LogP contribution in [0.25, 0.3) is 0 Å². The van der Waals surface area contributed by atoms with Gasteiger partial charge in [-0.15, -0.1) is 0 Å². The van der Waals surface area contributed by atoms with Crippen LogP contribution in [0.3, 0.4) is 0 Å². The second kappa shape index (κ2) is 6.57. The molecule has 2 fully saturated rings. The Morgan fingerprint density at radius 1 is 1.05 bits per heavy atom. The van der Waals surface area contributed by atoms with Gasteiger partial charge in [0.2, 0.25) is 0 Å². The topological polar surface area (TPSA) is 46.2 Å². The normalized spacial score (nSPS) is 33.7. The van der Waals surface area contributed by atoms with Crippen LogP contribution in [-0.4, -0.2) is 31.5 Å². The van der Waals surface area contributed by atoms with Crippen LogP contribution in [-0.2, 0) is 9.84 Å². The third-order valence-electron chi connectivity index (χ3n) is 5.13. The van der Waals surface area contributed by atoms with Crippen molar-refractivity contribution in [3.63, 3.8) is 0 Å². The summed E-state index contributed by atoms with van der Waals surface area (Å²) in [5.41, 5.74) is 0. The summed E-state index contributed by atoms with van der Waals surface area (Å²) < 4.78 is 25.8. The maximum atomic E-state index is 12.9. The fourth-order valence-electron chi connectivity index (χ4n) is 3.91. The molecule has 19 heavy (non-hydrogen) atoms. The molecule has 2 rings (SSSR count). The van der Waals surface area contributed by atoms with E-state index in [2.05, 4.69) is 19.2 Å². The number of hydrogen-bond donors (Lipinski definition) is 1. The zero-order valence-electron chi connectivity index (χ0n) is 12.4. The van der Waals surface area contributed by atoms with E-state index >= 15 is 0 Å². The highest BCUT2D eigenvalue weighted by Crippen LogP contribution is 2.36. The minimum absolute atomic E-state index is 0.0470. The maximum Gasteiger partial charge on any atom is 0.157 e. The lowest BCUT2D eigenvalue weighted by atomic mass is 9.84. The van der Waals surface area contributed by atoms with Crippen molar-refractivity contribution in [1.29, 1.82) is 0 Å². The Balaban J connectivity index is 2.15. The zero-order valence-corrected chi connectivity index (χ0v) is 13.2. The van der Waals surface area contributed by atoms with Gasteiger partial charge in [-0.05, 0) is 44.6 Å². The Morgan fingerprint density at radius 2 is 1.74 bits per heavy atom. The van der Waals surface area contributed by atoms with Crippen molar-refractivity contribution in [2.24, 2.45) is 5.92 Å². The molecule has 0 radical (unpaired) electrons. The molecular formula is C15H29NO2S. The van der Waals surface area contributed by atoms with E-state index < -0.39 is 9.84 Å². The average molecular weight is 287 g/mol. The van der Waals surface area contributed by atoms with Crippen LogP contribution < -0.4 is 5.32 Å². The van der Waals surface area contributed by atoms with Crippen molar-refractivity contribution >= 4 is 9.84 Å². The summed E-state index contributed by atoms with van der Waals surface area (Å²) in [4.78, 5) is 0.